The lowest BCUT2D eigenvalue weighted by molar-refractivity contribution is 0.151. The minimum atomic E-state index is -2.55. The number of fused-ring (bicyclic) bond motifs is 1. The molecule has 0 aliphatic heterocycles. The third-order valence-electron chi connectivity index (χ3n) is 6.72. The van der Waals surface area contributed by atoms with Gasteiger partial charge in [0.25, 0.3) is 6.43 Å². The number of alkyl halides is 2. The van der Waals surface area contributed by atoms with Crippen molar-refractivity contribution in [3.8, 4) is 0 Å². The van der Waals surface area contributed by atoms with Crippen molar-refractivity contribution in [3.05, 3.63) is 80.9 Å². The molecule has 0 amide bonds. The number of nitrogens with zero attached hydrogens (tertiary/aromatic N) is 2. The van der Waals surface area contributed by atoms with E-state index in [-0.39, 0.29) is 16.4 Å². The molecule has 0 saturated carbocycles. The first kappa shape index (κ1) is 28.3. The minimum Gasteiger partial charge on any atom is -0.398 e. The summed E-state index contributed by atoms with van der Waals surface area (Å²) in [6.45, 7) is 11.0. The molecule has 0 spiro atoms. The van der Waals surface area contributed by atoms with Gasteiger partial charge in [0.1, 0.15) is 5.82 Å². The molecule has 0 aliphatic rings. The number of allylic oxidation sites excluding steroid dienone is 1. The smallest absolute Gasteiger partial charge is 0.263 e. The molecule has 0 bridgehead atoms. The molecule has 0 aliphatic carbocycles. The molecule has 5 nitrogen and oxygen atoms in total. The highest BCUT2D eigenvalue weighted by molar-refractivity contribution is 5.86. The summed E-state index contributed by atoms with van der Waals surface area (Å²) < 4.78 is 43.4. The number of hydrogen-bond acceptors (Lipinski definition) is 4. The van der Waals surface area contributed by atoms with E-state index in [1.54, 1.807) is 24.4 Å². The fraction of sp³-hybridized carbons (Fsp3) is 0.414. The molecule has 0 unspecified atom stereocenters. The van der Waals surface area contributed by atoms with Crippen LogP contribution in [-0.2, 0) is 6.54 Å². The molecule has 1 heterocycles. The van der Waals surface area contributed by atoms with E-state index in [1.165, 1.54) is 18.2 Å². The van der Waals surface area contributed by atoms with E-state index in [0.717, 1.165) is 24.1 Å². The summed E-state index contributed by atoms with van der Waals surface area (Å²) in [4.78, 5) is 15.4. The van der Waals surface area contributed by atoms with E-state index >= 15 is 4.39 Å². The van der Waals surface area contributed by atoms with E-state index in [2.05, 4.69) is 12.2 Å². The van der Waals surface area contributed by atoms with Gasteiger partial charge in [-0.05, 0) is 56.5 Å². The third-order valence-corrected chi connectivity index (χ3v) is 6.72. The number of halogens is 3. The molecular weight excluding hydrogens is 477 g/mol. The number of rotatable bonds is 12. The van der Waals surface area contributed by atoms with Crippen molar-refractivity contribution in [3.63, 3.8) is 0 Å². The van der Waals surface area contributed by atoms with Gasteiger partial charge in [-0.3, -0.25) is 4.79 Å². The van der Waals surface area contributed by atoms with E-state index in [1.807, 2.05) is 30.2 Å². The highest BCUT2D eigenvalue weighted by Crippen LogP contribution is 2.27. The fourth-order valence-electron chi connectivity index (χ4n) is 4.31. The summed E-state index contributed by atoms with van der Waals surface area (Å²) in [5.41, 5.74) is 9.25. The van der Waals surface area contributed by atoms with Gasteiger partial charge in [0, 0.05) is 49.0 Å². The molecule has 3 aromatic rings. The molecular formula is C29H37F3N4O. The van der Waals surface area contributed by atoms with Crippen LogP contribution in [0.2, 0.25) is 0 Å². The molecule has 0 saturated heterocycles. The van der Waals surface area contributed by atoms with Gasteiger partial charge in [0.2, 0.25) is 0 Å². The number of anilines is 1. The SMILES string of the molecule is CCCNCCN(CC)c1cc2c(cc1F)c(=O)c(C(N)=C(C)CC)cn2Cc1ccc(C(F)F)cc1. The molecule has 200 valence electrons. The number of nitrogens with two attached hydrogens (primary N) is 1. The van der Waals surface area contributed by atoms with Gasteiger partial charge >= 0.3 is 0 Å². The van der Waals surface area contributed by atoms with Crippen molar-refractivity contribution >= 4 is 22.3 Å². The number of benzene rings is 2. The normalized spacial score (nSPS) is 12.3. The molecule has 1 aromatic heterocycles. The summed E-state index contributed by atoms with van der Waals surface area (Å²) in [6.07, 6.45) is 0.830. The van der Waals surface area contributed by atoms with E-state index < -0.39 is 12.2 Å². The van der Waals surface area contributed by atoms with Crippen molar-refractivity contribution in [1.29, 1.82) is 0 Å². The van der Waals surface area contributed by atoms with E-state index in [0.29, 0.717) is 55.1 Å². The van der Waals surface area contributed by atoms with Crippen LogP contribution in [0.3, 0.4) is 0 Å². The van der Waals surface area contributed by atoms with E-state index in [9.17, 15) is 13.6 Å². The molecule has 0 fully saturated rings. The van der Waals surface area contributed by atoms with Crippen molar-refractivity contribution < 1.29 is 13.2 Å². The average Bonchev–Trinajstić information content (AvgIpc) is 2.90. The van der Waals surface area contributed by atoms with Crippen molar-refractivity contribution in [2.45, 2.75) is 53.5 Å². The molecule has 37 heavy (non-hydrogen) atoms. The Kier molecular flexibility index (Phi) is 9.80. The number of aromatic nitrogens is 1. The number of likely N-dealkylation sites (N-methyl/N-ethyl adjacent to an activating group) is 1. The Morgan fingerprint density at radius 2 is 1.81 bits per heavy atom. The zero-order chi connectivity index (χ0) is 27.1. The van der Waals surface area contributed by atoms with Crippen molar-refractivity contribution in [1.82, 2.24) is 9.88 Å². The molecule has 3 rings (SSSR count). The highest BCUT2D eigenvalue weighted by Gasteiger charge is 2.18. The van der Waals surface area contributed by atoms with Crippen LogP contribution in [0.5, 0.6) is 0 Å². The average molecular weight is 515 g/mol. The summed E-state index contributed by atoms with van der Waals surface area (Å²) in [5, 5.41) is 3.57. The number of nitrogens with one attached hydrogen (secondary N) is 1. The minimum absolute atomic E-state index is 0.0559. The zero-order valence-electron chi connectivity index (χ0n) is 22.1. The second-order valence-corrected chi connectivity index (χ2v) is 9.24. The van der Waals surface area contributed by atoms with Crippen LogP contribution in [-0.4, -0.2) is 30.7 Å². The number of hydrogen-bond donors (Lipinski definition) is 2. The second kappa shape index (κ2) is 12.8. The first-order valence-corrected chi connectivity index (χ1v) is 12.9. The maximum Gasteiger partial charge on any atom is 0.263 e. The van der Waals surface area contributed by atoms with Gasteiger partial charge in [0.15, 0.2) is 5.43 Å². The zero-order valence-corrected chi connectivity index (χ0v) is 22.1. The Balaban J connectivity index is 2.17. The van der Waals surface area contributed by atoms with Crippen LogP contribution < -0.4 is 21.4 Å². The van der Waals surface area contributed by atoms with Gasteiger partial charge in [0.05, 0.1) is 16.8 Å². The molecule has 0 atom stereocenters. The summed E-state index contributed by atoms with van der Waals surface area (Å²) in [6, 6.07) is 9.08. The summed E-state index contributed by atoms with van der Waals surface area (Å²) in [7, 11) is 0. The molecule has 3 N–H and O–H groups in total. The van der Waals surface area contributed by atoms with Gasteiger partial charge < -0.3 is 20.5 Å². The van der Waals surface area contributed by atoms with Crippen LogP contribution >= 0.6 is 0 Å². The van der Waals surface area contributed by atoms with Gasteiger partial charge in [-0.1, -0.05) is 38.1 Å². The Hall–Kier alpha value is -3.26. The maximum atomic E-state index is 15.4. The van der Waals surface area contributed by atoms with Crippen LogP contribution in [0.15, 0.2) is 53.0 Å². The quantitative estimate of drug-likeness (QED) is 0.289. The lowest BCUT2D eigenvalue weighted by atomic mass is 10.0. The van der Waals surface area contributed by atoms with Gasteiger partial charge in [-0.25, -0.2) is 13.2 Å². The van der Waals surface area contributed by atoms with Crippen LogP contribution in [0.1, 0.15) is 63.7 Å². The fourth-order valence-corrected chi connectivity index (χ4v) is 4.31. The van der Waals surface area contributed by atoms with Crippen LogP contribution in [0.4, 0.5) is 18.9 Å². The lowest BCUT2D eigenvalue weighted by Crippen LogP contribution is -2.33. The van der Waals surface area contributed by atoms with Gasteiger partial charge in [-0.15, -0.1) is 0 Å². The van der Waals surface area contributed by atoms with Gasteiger partial charge in [-0.2, -0.15) is 0 Å². The lowest BCUT2D eigenvalue weighted by Gasteiger charge is -2.25. The van der Waals surface area contributed by atoms with Crippen molar-refractivity contribution in [2.75, 3.05) is 31.1 Å². The van der Waals surface area contributed by atoms with Crippen LogP contribution in [0.25, 0.3) is 16.6 Å². The number of pyridine rings is 1. The molecule has 0 radical (unpaired) electrons. The molecule has 8 heteroatoms. The predicted octanol–water partition coefficient (Wildman–Crippen LogP) is 6.05. The van der Waals surface area contributed by atoms with Crippen LogP contribution in [0, 0.1) is 5.82 Å². The first-order valence-electron chi connectivity index (χ1n) is 12.9. The standard InChI is InChI=1S/C29H37F3N4O/c1-5-12-34-13-14-35(7-3)26-16-25-22(15-24(26)30)28(37)23(27(33)19(4)6-2)18-36(25)17-20-8-10-21(11-9-20)29(31)32/h8-11,15-16,18,29,34H,5-7,12-14,17,33H2,1-4H3. The third kappa shape index (κ3) is 6.55. The maximum absolute atomic E-state index is 15.4. The monoisotopic (exact) mass is 514 g/mol. The topological polar surface area (TPSA) is 63.3 Å². The first-order chi connectivity index (χ1) is 17.7. The van der Waals surface area contributed by atoms with Crippen molar-refractivity contribution in [2.24, 2.45) is 5.73 Å². The van der Waals surface area contributed by atoms with E-state index in [4.69, 9.17) is 5.73 Å². The molecule has 2 aromatic carbocycles. The Morgan fingerprint density at radius 1 is 1.11 bits per heavy atom. The Labute approximate surface area is 216 Å². The summed E-state index contributed by atoms with van der Waals surface area (Å²) in [5.74, 6) is -0.471. The predicted molar refractivity (Wildman–Crippen MR) is 147 cm³/mol. The summed E-state index contributed by atoms with van der Waals surface area (Å²) >= 11 is 0. The highest BCUT2D eigenvalue weighted by atomic mass is 19.3. The largest absolute Gasteiger partial charge is 0.398 e. The Morgan fingerprint density at radius 3 is 2.41 bits per heavy atom. The second-order valence-electron chi connectivity index (χ2n) is 9.24. The Bertz CT molecular complexity index is 1300.